The topological polar surface area (TPSA) is 18.5 Å². The molecular weight excluding hydrogens is 246 g/mol. The van der Waals surface area contributed by atoms with E-state index in [1.165, 1.54) is 84.2 Å². The van der Waals surface area contributed by atoms with Crippen LogP contribution in [0.15, 0.2) is 0 Å². The largest absolute Gasteiger partial charge is 0.314 e. The molecule has 3 unspecified atom stereocenters. The Labute approximate surface area is 125 Å². The molecule has 0 radical (unpaired) electrons. The van der Waals surface area contributed by atoms with Crippen molar-refractivity contribution in [2.75, 3.05) is 39.3 Å². The summed E-state index contributed by atoms with van der Waals surface area (Å²) >= 11 is 0. The van der Waals surface area contributed by atoms with E-state index in [0.717, 1.165) is 18.0 Å². The molecule has 1 N–H and O–H groups in total. The number of hydrogen-bond donors (Lipinski definition) is 1. The first-order chi connectivity index (χ1) is 9.86. The van der Waals surface area contributed by atoms with Crippen LogP contribution in [0.1, 0.15) is 51.9 Å². The lowest BCUT2D eigenvalue weighted by Crippen LogP contribution is -2.47. The molecule has 3 heteroatoms. The Bertz CT molecular complexity index is 288. The number of nitrogens with one attached hydrogen (secondary N) is 1. The second kappa shape index (κ2) is 7.24. The molecule has 116 valence electrons. The number of rotatable bonds is 3. The molecule has 0 saturated carbocycles. The first-order valence-corrected chi connectivity index (χ1v) is 9.06. The first kappa shape index (κ1) is 14.8. The van der Waals surface area contributed by atoms with Gasteiger partial charge in [-0.1, -0.05) is 6.92 Å². The average molecular weight is 279 g/mol. The highest BCUT2D eigenvalue weighted by molar-refractivity contribution is 4.89. The Morgan fingerprint density at radius 1 is 0.950 bits per heavy atom. The Morgan fingerprint density at radius 3 is 2.65 bits per heavy atom. The second-order valence-corrected chi connectivity index (χ2v) is 7.12. The van der Waals surface area contributed by atoms with Crippen LogP contribution >= 0.6 is 0 Å². The van der Waals surface area contributed by atoms with Crippen molar-refractivity contribution >= 4 is 0 Å². The fourth-order valence-corrected chi connectivity index (χ4v) is 4.63. The van der Waals surface area contributed by atoms with Crippen LogP contribution in [0.25, 0.3) is 0 Å². The van der Waals surface area contributed by atoms with Crippen molar-refractivity contribution in [1.82, 2.24) is 15.1 Å². The fourth-order valence-electron chi connectivity index (χ4n) is 4.63. The molecule has 0 aromatic heterocycles. The van der Waals surface area contributed by atoms with Crippen molar-refractivity contribution in [3.8, 4) is 0 Å². The summed E-state index contributed by atoms with van der Waals surface area (Å²) in [6.07, 6.45) is 9.95. The summed E-state index contributed by atoms with van der Waals surface area (Å²) in [5.41, 5.74) is 0. The summed E-state index contributed by atoms with van der Waals surface area (Å²) in [7, 11) is 0. The van der Waals surface area contributed by atoms with Gasteiger partial charge in [0.25, 0.3) is 0 Å². The lowest BCUT2D eigenvalue weighted by atomic mass is 9.88. The first-order valence-electron chi connectivity index (χ1n) is 9.06. The summed E-state index contributed by atoms with van der Waals surface area (Å²) in [6, 6.07) is 1.70. The van der Waals surface area contributed by atoms with E-state index in [-0.39, 0.29) is 0 Å². The maximum absolute atomic E-state index is 3.74. The highest BCUT2D eigenvalue weighted by Crippen LogP contribution is 2.28. The minimum Gasteiger partial charge on any atom is -0.314 e. The average Bonchev–Trinajstić information content (AvgIpc) is 2.92. The standard InChI is InChI=1S/C17H33N3/c1-2-19-11-5-7-16(9-13-19)20-12-4-6-15(14-20)17-8-3-10-18-17/h15-18H,2-14H2,1H3. The Morgan fingerprint density at radius 2 is 1.85 bits per heavy atom. The molecule has 0 aromatic carbocycles. The minimum atomic E-state index is 0.829. The van der Waals surface area contributed by atoms with Gasteiger partial charge >= 0.3 is 0 Å². The molecule has 3 rings (SSSR count). The Balaban J connectivity index is 1.53. The van der Waals surface area contributed by atoms with Gasteiger partial charge in [0.15, 0.2) is 0 Å². The van der Waals surface area contributed by atoms with Crippen molar-refractivity contribution < 1.29 is 0 Å². The van der Waals surface area contributed by atoms with E-state index >= 15 is 0 Å². The Kier molecular flexibility index (Phi) is 5.36. The molecule has 3 aliphatic heterocycles. The molecule has 3 fully saturated rings. The summed E-state index contributed by atoms with van der Waals surface area (Å²) < 4.78 is 0. The molecule has 3 saturated heterocycles. The van der Waals surface area contributed by atoms with Gasteiger partial charge in [-0.2, -0.15) is 0 Å². The normalized spacial score (nSPS) is 38.0. The van der Waals surface area contributed by atoms with Crippen LogP contribution < -0.4 is 5.32 Å². The maximum atomic E-state index is 3.74. The second-order valence-electron chi connectivity index (χ2n) is 7.12. The quantitative estimate of drug-likeness (QED) is 0.855. The lowest BCUT2D eigenvalue weighted by Gasteiger charge is -2.40. The van der Waals surface area contributed by atoms with E-state index in [4.69, 9.17) is 0 Å². The third-order valence-corrected chi connectivity index (χ3v) is 5.91. The predicted octanol–water partition coefficient (Wildman–Crippen LogP) is 2.32. The maximum Gasteiger partial charge on any atom is 0.0108 e. The zero-order chi connectivity index (χ0) is 13.8. The summed E-state index contributed by atoms with van der Waals surface area (Å²) in [4.78, 5) is 5.49. The van der Waals surface area contributed by atoms with Gasteiger partial charge in [0.05, 0.1) is 0 Å². The third kappa shape index (κ3) is 3.55. The van der Waals surface area contributed by atoms with Gasteiger partial charge in [-0.05, 0) is 83.6 Å². The van der Waals surface area contributed by atoms with E-state index in [0.29, 0.717) is 0 Å². The van der Waals surface area contributed by atoms with E-state index < -0.39 is 0 Å². The summed E-state index contributed by atoms with van der Waals surface area (Å²) in [5.74, 6) is 0.928. The molecule has 0 aliphatic carbocycles. The predicted molar refractivity (Wildman–Crippen MR) is 85.1 cm³/mol. The lowest BCUT2D eigenvalue weighted by molar-refractivity contribution is 0.0983. The highest BCUT2D eigenvalue weighted by atomic mass is 15.2. The van der Waals surface area contributed by atoms with Gasteiger partial charge in [0.1, 0.15) is 0 Å². The molecule has 3 nitrogen and oxygen atoms in total. The molecule has 0 amide bonds. The van der Waals surface area contributed by atoms with Gasteiger partial charge in [0.2, 0.25) is 0 Å². The molecule has 20 heavy (non-hydrogen) atoms. The molecule has 0 aromatic rings. The number of piperidine rings is 1. The van der Waals surface area contributed by atoms with E-state index in [1.807, 2.05) is 0 Å². The van der Waals surface area contributed by atoms with Crippen LogP contribution in [-0.4, -0.2) is 61.2 Å². The molecule has 3 atom stereocenters. The number of likely N-dealkylation sites (tertiary alicyclic amines) is 2. The fraction of sp³-hybridized carbons (Fsp3) is 1.00. The van der Waals surface area contributed by atoms with E-state index in [1.54, 1.807) is 0 Å². The van der Waals surface area contributed by atoms with Crippen molar-refractivity contribution in [2.45, 2.75) is 64.0 Å². The zero-order valence-electron chi connectivity index (χ0n) is 13.3. The molecular formula is C17H33N3. The van der Waals surface area contributed by atoms with Crippen molar-refractivity contribution in [2.24, 2.45) is 5.92 Å². The van der Waals surface area contributed by atoms with E-state index in [2.05, 4.69) is 22.0 Å². The number of nitrogens with zero attached hydrogens (tertiary/aromatic N) is 2. The van der Waals surface area contributed by atoms with Crippen molar-refractivity contribution in [3.63, 3.8) is 0 Å². The summed E-state index contributed by atoms with van der Waals surface area (Å²) in [6.45, 7) is 10.2. The molecule has 3 heterocycles. The van der Waals surface area contributed by atoms with Crippen LogP contribution in [0.4, 0.5) is 0 Å². The van der Waals surface area contributed by atoms with Crippen LogP contribution in [0.3, 0.4) is 0 Å². The van der Waals surface area contributed by atoms with Crippen LogP contribution in [0.5, 0.6) is 0 Å². The van der Waals surface area contributed by atoms with E-state index in [9.17, 15) is 0 Å². The van der Waals surface area contributed by atoms with Gasteiger partial charge in [-0.25, -0.2) is 0 Å². The van der Waals surface area contributed by atoms with Crippen molar-refractivity contribution in [3.05, 3.63) is 0 Å². The molecule has 0 spiro atoms. The zero-order valence-corrected chi connectivity index (χ0v) is 13.3. The van der Waals surface area contributed by atoms with Gasteiger partial charge in [0, 0.05) is 18.6 Å². The third-order valence-electron chi connectivity index (χ3n) is 5.91. The summed E-state index contributed by atoms with van der Waals surface area (Å²) in [5, 5.41) is 3.74. The van der Waals surface area contributed by atoms with Crippen LogP contribution in [0, 0.1) is 5.92 Å². The molecule has 0 bridgehead atoms. The minimum absolute atomic E-state index is 0.829. The Hall–Kier alpha value is -0.120. The smallest absolute Gasteiger partial charge is 0.0108 e. The van der Waals surface area contributed by atoms with Gasteiger partial charge < -0.3 is 15.1 Å². The monoisotopic (exact) mass is 279 g/mol. The molecule has 3 aliphatic rings. The highest BCUT2D eigenvalue weighted by Gasteiger charge is 2.32. The SMILES string of the molecule is CCN1CCCC(N2CCCC(C3CCCN3)C2)CC1. The number of hydrogen-bond acceptors (Lipinski definition) is 3. The van der Waals surface area contributed by atoms with Gasteiger partial charge in [-0.3, -0.25) is 0 Å². The van der Waals surface area contributed by atoms with Crippen LogP contribution in [-0.2, 0) is 0 Å². The van der Waals surface area contributed by atoms with Crippen molar-refractivity contribution in [1.29, 1.82) is 0 Å². The van der Waals surface area contributed by atoms with Crippen LogP contribution in [0.2, 0.25) is 0 Å². The van der Waals surface area contributed by atoms with Gasteiger partial charge in [-0.15, -0.1) is 0 Å².